The number of ether oxygens (including phenoxy) is 1. The van der Waals surface area contributed by atoms with Crippen LogP contribution in [0.4, 0.5) is 4.79 Å². The molecule has 0 saturated carbocycles. The molecule has 1 amide bonds. The lowest BCUT2D eigenvalue weighted by Crippen LogP contribution is -2.35. The highest BCUT2D eigenvalue weighted by Crippen LogP contribution is 2.35. The van der Waals surface area contributed by atoms with Gasteiger partial charge in [0.25, 0.3) is 0 Å². The molecule has 1 aliphatic heterocycles. The van der Waals surface area contributed by atoms with E-state index in [0.29, 0.717) is 13.0 Å². The second-order valence-electron chi connectivity index (χ2n) is 3.45. The first kappa shape index (κ1) is 11.4. The molecule has 1 aliphatic rings. The van der Waals surface area contributed by atoms with Crippen molar-refractivity contribution in [3.8, 4) is 5.75 Å². The predicted octanol–water partition coefficient (Wildman–Crippen LogP) is 2.87. The number of alkyl carbamates (subject to hydrolysis) is 1. The first-order valence-corrected chi connectivity index (χ1v) is 5.44. The van der Waals surface area contributed by atoms with Crippen LogP contribution in [0.2, 0.25) is 10.0 Å². The van der Waals surface area contributed by atoms with Crippen molar-refractivity contribution in [3.63, 3.8) is 0 Å². The Bertz CT molecular complexity index is 413. The van der Waals surface area contributed by atoms with Crippen molar-refractivity contribution in [2.75, 3.05) is 6.61 Å². The van der Waals surface area contributed by atoms with E-state index in [0.717, 1.165) is 5.56 Å². The summed E-state index contributed by atoms with van der Waals surface area (Å²) in [6.07, 6.45) is 0.181. The Morgan fingerprint density at radius 1 is 1.38 bits per heavy atom. The Balaban J connectivity index is 2.30. The van der Waals surface area contributed by atoms with Gasteiger partial charge < -0.3 is 15.2 Å². The van der Waals surface area contributed by atoms with Gasteiger partial charge in [-0.25, -0.2) is 4.79 Å². The van der Waals surface area contributed by atoms with E-state index in [1.165, 1.54) is 0 Å². The van der Waals surface area contributed by atoms with Gasteiger partial charge in [0.1, 0.15) is 0 Å². The molecule has 0 aliphatic carbocycles. The van der Waals surface area contributed by atoms with Crippen LogP contribution < -0.4 is 5.32 Å². The largest absolute Gasteiger partial charge is 0.505 e. The van der Waals surface area contributed by atoms with Gasteiger partial charge in [-0.1, -0.05) is 23.2 Å². The van der Waals surface area contributed by atoms with Gasteiger partial charge in [0, 0.05) is 6.42 Å². The van der Waals surface area contributed by atoms with Gasteiger partial charge in [-0.2, -0.15) is 0 Å². The minimum atomic E-state index is -0.462. The van der Waals surface area contributed by atoms with E-state index in [4.69, 9.17) is 27.9 Å². The lowest BCUT2D eigenvalue weighted by Gasteiger charge is -2.24. The maximum atomic E-state index is 11.0. The molecule has 0 unspecified atom stereocenters. The standard InChI is InChI=1S/C10H9Cl2NO3/c11-6-3-5(4-7(12)9(6)14)8-1-2-16-10(15)13-8/h3-4,8,14H,1-2H2,(H,13,15)/t8-/m1/s1. The van der Waals surface area contributed by atoms with E-state index >= 15 is 0 Å². The minimum Gasteiger partial charge on any atom is -0.505 e. The molecule has 1 fully saturated rings. The summed E-state index contributed by atoms with van der Waals surface area (Å²) in [6.45, 7) is 0.354. The topological polar surface area (TPSA) is 58.6 Å². The average molecular weight is 262 g/mol. The maximum absolute atomic E-state index is 11.0. The van der Waals surface area contributed by atoms with E-state index in [2.05, 4.69) is 5.32 Å². The van der Waals surface area contributed by atoms with Crippen LogP contribution in [0.5, 0.6) is 5.75 Å². The highest BCUT2D eigenvalue weighted by molar-refractivity contribution is 6.37. The fraction of sp³-hybridized carbons (Fsp3) is 0.300. The zero-order valence-corrected chi connectivity index (χ0v) is 9.68. The molecule has 1 heterocycles. The number of benzene rings is 1. The van der Waals surface area contributed by atoms with E-state index in [9.17, 15) is 9.90 Å². The number of hydrogen-bond acceptors (Lipinski definition) is 3. The van der Waals surface area contributed by atoms with Gasteiger partial charge in [0.2, 0.25) is 0 Å². The summed E-state index contributed by atoms with van der Waals surface area (Å²) < 4.78 is 4.75. The van der Waals surface area contributed by atoms with Crippen molar-refractivity contribution in [3.05, 3.63) is 27.7 Å². The first-order chi connectivity index (χ1) is 7.58. The summed E-state index contributed by atoms with van der Waals surface area (Å²) in [5.41, 5.74) is 0.754. The van der Waals surface area contributed by atoms with Crippen LogP contribution in [0.1, 0.15) is 18.0 Å². The Kier molecular flexibility index (Phi) is 3.12. The summed E-state index contributed by atoms with van der Waals surface area (Å²) in [5, 5.41) is 12.4. The Morgan fingerprint density at radius 2 is 2.00 bits per heavy atom. The second kappa shape index (κ2) is 4.39. The van der Waals surface area contributed by atoms with Crippen LogP contribution in [-0.2, 0) is 4.74 Å². The number of halogens is 2. The number of rotatable bonds is 1. The number of carbonyl (C=O) groups is 1. The highest BCUT2D eigenvalue weighted by Gasteiger charge is 2.22. The van der Waals surface area contributed by atoms with Crippen molar-refractivity contribution in [2.45, 2.75) is 12.5 Å². The van der Waals surface area contributed by atoms with Crippen molar-refractivity contribution in [2.24, 2.45) is 0 Å². The number of nitrogens with one attached hydrogen (secondary N) is 1. The number of phenols is 1. The Morgan fingerprint density at radius 3 is 2.56 bits per heavy atom. The number of amides is 1. The third-order valence-corrected chi connectivity index (χ3v) is 2.95. The monoisotopic (exact) mass is 261 g/mol. The molecule has 1 aromatic rings. The van der Waals surface area contributed by atoms with Crippen molar-refractivity contribution in [1.29, 1.82) is 0 Å². The van der Waals surface area contributed by atoms with Crippen LogP contribution >= 0.6 is 23.2 Å². The van der Waals surface area contributed by atoms with Crippen LogP contribution in [0.15, 0.2) is 12.1 Å². The van der Waals surface area contributed by atoms with Gasteiger partial charge in [-0.05, 0) is 17.7 Å². The molecule has 2 N–H and O–H groups in total. The lowest BCUT2D eigenvalue weighted by atomic mass is 10.0. The zero-order valence-electron chi connectivity index (χ0n) is 8.17. The Labute approximate surface area is 102 Å². The number of aromatic hydroxyl groups is 1. The lowest BCUT2D eigenvalue weighted by molar-refractivity contribution is 0.115. The average Bonchev–Trinajstić information content (AvgIpc) is 2.25. The van der Waals surface area contributed by atoms with E-state index in [1.807, 2.05) is 0 Å². The molecule has 1 aromatic carbocycles. The fourth-order valence-corrected chi connectivity index (χ4v) is 2.07. The number of phenolic OH excluding ortho intramolecular Hbond substituents is 1. The highest BCUT2D eigenvalue weighted by atomic mass is 35.5. The van der Waals surface area contributed by atoms with E-state index < -0.39 is 6.09 Å². The molecule has 0 spiro atoms. The molecular formula is C10H9Cl2NO3. The van der Waals surface area contributed by atoms with Gasteiger partial charge in [-0.15, -0.1) is 0 Å². The normalized spacial score (nSPS) is 20.1. The van der Waals surface area contributed by atoms with Crippen LogP contribution in [0, 0.1) is 0 Å². The van der Waals surface area contributed by atoms with Gasteiger partial charge >= 0.3 is 6.09 Å². The molecule has 2 rings (SSSR count). The van der Waals surface area contributed by atoms with Crippen LogP contribution in [-0.4, -0.2) is 17.8 Å². The SMILES string of the molecule is O=C1N[C@@H](c2cc(Cl)c(O)c(Cl)c2)CCO1. The predicted molar refractivity (Wildman–Crippen MR) is 60.0 cm³/mol. The Hall–Kier alpha value is -1.13. The third-order valence-electron chi connectivity index (χ3n) is 2.37. The smallest absolute Gasteiger partial charge is 0.407 e. The minimum absolute atomic E-state index is 0.148. The van der Waals surface area contributed by atoms with Crippen LogP contribution in [0.3, 0.4) is 0 Å². The third kappa shape index (κ3) is 2.18. The first-order valence-electron chi connectivity index (χ1n) is 4.69. The molecule has 1 atom stereocenters. The van der Waals surface area contributed by atoms with Crippen molar-refractivity contribution < 1.29 is 14.6 Å². The molecule has 0 bridgehead atoms. The van der Waals surface area contributed by atoms with Gasteiger partial charge in [0.15, 0.2) is 5.75 Å². The molecule has 86 valence electrons. The van der Waals surface area contributed by atoms with Crippen LogP contribution in [0.25, 0.3) is 0 Å². The number of carbonyl (C=O) groups excluding carboxylic acids is 1. The zero-order chi connectivity index (χ0) is 11.7. The summed E-state index contributed by atoms with van der Waals surface area (Å²) in [7, 11) is 0. The molecule has 0 aromatic heterocycles. The molecule has 6 heteroatoms. The molecule has 4 nitrogen and oxygen atoms in total. The molecule has 1 saturated heterocycles. The quantitative estimate of drug-likeness (QED) is 0.818. The summed E-state index contributed by atoms with van der Waals surface area (Å²) in [4.78, 5) is 11.0. The van der Waals surface area contributed by atoms with Crippen molar-refractivity contribution in [1.82, 2.24) is 5.32 Å². The number of hydrogen-bond donors (Lipinski definition) is 2. The summed E-state index contributed by atoms with van der Waals surface area (Å²) in [5.74, 6) is -0.148. The van der Waals surface area contributed by atoms with Crippen molar-refractivity contribution >= 4 is 29.3 Å². The number of cyclic esters (lactones) is 1. The van der Waals surface area contributed by atoms with Gasteiger partial charge in [0.05, 0.1) is 22.7 Å². The van der Waals surface area contributed by atoms with E-state index in [-0.39, 0.29) is 21.8 Å². The second-order valence-corrected chi connectivity index (χ2v) is 4.27. The fourth-order valence-electron chi connectivity index (χ4n) is 1.56. The molecular weight excluding hydrogens is 253 g/mol. The summed E-state index contributed by atoms with van der Waals surface area (Å²) >= 11 is 11.6. The molecule has 0 radical (unpaired) electrons. The maximum Gasteiger partial charge on any atom is 0.407 e. The molecule has 16 heavy (non-hydrogen) atoms. The summed E-state index contributed by atoms with van der Waals surface area (Å²) in [6, 6.07) is 2.98. The van der Waals surface area contributed by atoms with Gasteiger partial charge in [-0.3, -0.25) is 0 Å². The van der Waals surface area contributed by atoms with E-state index in [1.54, 1.807) is 12.1 Å².